The lowest BCUT2D eigenvalue weighted by molar-refractivity contribution is 0.587. The van der Waals surface area contributed by atoms with Crippen LogP contribution < -0.4 is 4.72 Å². The van der Waals surface area contributed by atoms with Crippen LogP contribution in [-0.2, 0) is 15.8 Å². The Kier molecular flexibility index (Phi) is 2.45. The van der Waals surface area contributed by atoms with Crippen molar-refractivity contribution in [3.63, 3.8) is 0 Å². The van der Waals surface area contributed by atoms with Gasteiger partial charge in [0.2, 0.25) is 10.0 Å². The highest BCUT2D eigenvalue weighted by atomic mass is 32.2. The molecule has 5 nitrogen and oxygen atoms in total. The molecule has 2 heterocycles. The molecule has 1 N–H and O–H groups in total. The van der Waals surface area contributed by atoms with Gasteiger partial charge in [-0.15, -0.1) is 0 Å². The van der Waals surface area contributed by atoms with Gasteiger partial charge in [0, 0.05) is 12.4 Å². The van der Waals surface area contributed by atoms with Gasteiger partial charge in [0.15, 0.2) is 0 Å². The van der Waals surface area contributed by atoms with E-state index in [0.717, 1.165) is 5.65 Å². The second-order valence-electron chi connectivity index (χ2n) is 3.16. The Morgan fingerprint density at radius 2 is 2.27 bits per heavy atom. The van der Waals surface area contributed by atoms with Crippen LogP contribution in [0, 0.1) is 0 Å². The second kappa shape index (κ2) is 3.63. The van der Waals surface area contributed by atoms with E-state index in [1.807, 2.05) is 24.4 Å². The summed E-state index contributed by atoms with van der Waals surface area (Å²) in [5, 5.41) is 0. The molecule has 0 amide bonds. The lowest BCUT2D eigenvalue weighted by atomic mass is 10.5. The number of rotatable bonds is 3. The minimum atomic E-state index is -3.25. The number of pyridine rings is 1. The van der Waals surface area contributed by atoms with E-state index in [0.29, 0.717) is 5.69 Å². The van der Waals surface area contributed by atoms with Gasteiger partial charge in [0.05, 0.1) is 5.69 Å². The molecule has 0 radical (unpaired) electrons. The molecule has 80 valence electrons. The first kappa shape index (κ1) is 10.1. The van der Waals surface area contributed by atoms with Gasteiger partial charge in [0.1, 0.15) is 11.4 Å². The van der Waals surface area contributed by atoms with Crippen LogP contribution in [0.1, 0.15) is 5.69 Å². The Bertz CT molecular complexity index is 541. The van der Waals surface area contributed by atoms with Gasteiger partial charge in [-0.25, -0.2) is 18.1 Å². The predicted molar refractivity (Wildman–Crippen MR) is 56.9 cm³/mol. The molecule has 2 rings (SSSR count). The second-order valence-corrected chi connectivity index (χ2v) is 5.09. The predicted octanol–water partition coefficient (Wildman–Crippen LogP) is 0.383. The summed E-state index contributed by atoms with van der Waals surface area (Å²) in [7, 11) is -1.85. The third-order valence-electron chi connectivity index (χ3n) is 2.06. The summed E-state index contributed by atoms with van der Waals surface area (Å²) in [4.78, 5) is 4.19. The number of fused-ring (bicyclic) bond motifs is 1. The summed E-state index contributed by atoms with van der Waals surface area (Å²) in [6, 6.07) is 5.55. The molecular weight excluding hydrogens is 214 g/mol. The van der Waals surface area contributed by atoms with Gasteiger partial charge in [0.25, 0.3) is 0 Å². The molecule has 0 saturated carbocycles. The van der Waals surface area contributed by atoms with E-state index in [4.69, 9.17) is 0 Å². The fourth-order valence-electron chi connectivity index (χ4n) is 1.32. The zero-order valence-electron chi connectivity index (χ0n) is 8.21. The van der Waals surface area contributed by atoms with Gasteiger partial charge in [-0.2, -0.15) is 0 Å². The lowest BCUT2D eigenvalue weighted by Crippen LogP contribution is -2.20. The normalized spacial score (nSPS) is 12.1. The molecule has 0 aliphatic carbocycles. The minimum absolute atomic E-state index is 0.0921. The first-order valence-corrected chi connectivity index (χ1v) is 6.10. The van der Waals surface area contributed by atoms with E-state index in [1.165, 1.54) is 7.05 Å². The van der Waals surface area contributed by atoms with E-state index < -0.39 is 10.0 Å². The fourth-order valence-corrected chi connectivity index (χ4v) is 2.00. The fraction of sp³-hybridized carbons (Fsp3) is 0.222. The molecule has 0 bridgehead atoms. The Hall–Kier alpha value is -1.40. The van der Waals surface area contributed by atoms with Crippen molar-refractivity contribution >= 4 is 15.7 Å². The van der Waals surface area contributed by atoms with Crippen LogP contribution >= 0.6 is 0 Å². The number of aromatic nitrogens is 2. The van der Waals surface area contributed by atoms with Gasteiger partial charge >= 0.3 is 0 Å². The number of sulfonamides is 1. The van der Waals surface area contributed by atoms with E-state index >= 15 is 0 Å². The standard InChI is InChI=1S/C9H11N3O2S/c1-10-15(13,14)7-8-6-12-5-3-2-4-9(12)11-8/h2-6,10H,7H2,1H3. The smallest absolute Gasteiger partial charge is 0.217 e. The van der Waals surface area contributed by atoms with Crippen molar-refractivity contribution in [1.29, 1.82) is 0 Å². The maximum Gasteiger partial charge on any atom is 0.217 e. The van der Waals surface area contributed by atoms with Crippen LogP contribution in [-0.4, -0.2) is 24.9 Å². The molecule has 0 spiro atoms. The molecule has 0 atom stereocenters. The van der Waals surface area contributed by atoms with Gasteiger partial charge in [-0.1, -0.05) is 6.07 Å². The number of imidazole rings is 1. The first-order valence-electron chi connectivity index (χ1n) is 4.44. The maximum absolute atomic E-state index is 11.3. The quantitative estimate of drug-likeness (QED) is 0.821. The molecular formula is C9H11N3O2S. The third-order valence-corrected chi connectivity index (χ3v) is 3.36. The highest BCUT2D eigenvalue weighted by molar-refractivity contribution is 7.88. The van der Waals surface area contributed by atoms with Gasteiger partial charge in [-0.05, 0) is 19.2 Å². The largest absolute Gasteiger partial charge is 0.307 e. The van der Waals surface area contributed by atoms with Crippen molar-refractivity contribution in [3.05, 3.63) is 36.3 Å². The Morgan fingerprint density at radius 3 is 2.93 bits per heavy atom. The zero-order chi connectivity index (χ0) is 10.9. The minimum Gasteiger partial charge on any atom is -0.307 e. The number of nitrogens with one attached hydrogen (secondary N) is 1. The molecule has 0 saturated heterocycles. The van der Waals surface area contributed by atoms with Crippen LogP contribution in [0.4, 0.5) is 0 Å². The maximum atomic E-state index is 11.3. The zero-order valence-corrected chi connectivity index (χ0v) is 9.03. The van der Waals surface area contributed by atoms with Crippen molar-refractivity contribution in [3.8, 4) is 0 Å². The summed E-state index contributed by atoms with van der Waals surface area (Å²) in [5.74, 6) is -0.0921. The van der Waals surface area contributed by atoms with E-state index in [1.54, 1.807) is 10.6 Å². The van der Waals surface area contributed by atoms with Crippen molar-refractivity contribution < 1.29 is 8.42 Å². The Morgan fingerprint density at radius 1 is 1.47 bits per heavy atom. The number of nitrogens with zero attached hydrogens (tertiary/aromatic N) is 2. The van der Waals surface area contributed by atoms with E-state index in [9.17, 15) is 8.42 Å². The monoisotopic (exact) mass is 225 g/mol. The van der Waals surface area contributed by atoms with Gasteiger partial charge in [-0.3, -0.25) is 0 Å². The third kappa shape index (κ3) is 2.16. The molecule has 0 aromatic carbocycles. The molecule has 0 aliphatic rings. The number of hydrogen-bond acceptors (Lipinski definition) is 3. The van der Waals surface area contributed by atoms with Crippen LogP contribution in [0.3, 0.4) is 0 Å². The summed E-state index contributed by atoms with van der Waals surface area (Å²) >= 11 is 0. The molecule has 2 aromatic rings. The highest BCUT2D eigenvalue weighted by Gasteiger charge is 2.11. The molecule has 15 heavy (non-hydrogen) atoms. The van der Waals surface area contributed by atoms with Gasteiger partial charge < -0.3 is 4.40 Å². The summed E-state index contributed by atoms with van der Waals surface area (Å²) in [5.41, 5.74) is 1.29. The molecule has 0 aliphatic heterocycles. The van der Waals surface area contributed by atoms with Crippen molar-refractivity contribution in [2.45, 2.75) is 5.75 Å². The molecule has 0 unspecified atom stereocenters. The topological polar surface area (TPSA) is 63.5 Å². The summed E-state index contributed by atoms with van der Waals surface area (Å²) < 4.78 is 26.6. The van der Waals surface area contributed by atoms with E-state index in [2.05, 4.69) is 9.71 Å². The lowest BCUT2D eigenvalue weighted by Gasteiger charge is -1.97. The van der Waals surface area contributed by atoms with E-state index in [-0.39, 0.29) is 5.75 Å². The van der Waals surface area contributed by atoms with Crippen LogP contribution in [0.25, 0.3) is 5.65 Å². The summed E-state index contributed by atoms with van der Waals surface area (Å²) in [6.45, 7) is 0. The Balaban J connectivity index is 2.38. The van der Waals surface area contributed by atoms with Crippen molar-refractivity contribution in [2.75, 3.05) is 7.05 Å². The van der Waals surface area contributed by atoms with Crippen LogP contribution in [0.15, 0.2) is 30.6 Å². The Labute approximate surface area is 87.8 Å². The average molecular weight is 225 g/mol. The SMILES string of the molecule is CNS(=O)(=O)Cc1cn2ccccc2n1. The van der Waals surface area contributed by atoms with Crippen molar-refractivity contribution in [2.24, 2.45) is 0 Å². The van der Waals surface area contributed by atoms with Crippen molar-refractivity contribution in [1.82, 2.24) is 14.1 Å². The first-order chi connectivity index (χ1) is 7.11. The molecule has 6 heteroatoms. The molecule has 2 aromatic heterocycles. The summed E-state index contributed by atoms with van der Waals surface area (Å²) in [6.07, 6.45) is 3.54. The van der Waals surface area contributed by atoms with Crippen LogP contribution in [0.5, 0.6) is 0 Å². The molecule has 0 fully saturated rings. The average Bonchev–Trinajstić information content (AvgIpc) is 2.58. The van der Waals surface area contributed by atoms with Crippen LogP contribution in [0.2, 0.25) is 0 Å². The highest BCUT2D eigenvalue weighted by Crippen LogP contribution is 2.06. The number of hydrogen-bond donors (Lipinski definition) is 1.